The molecule has 0 radical (unpaired) electrons. The van der Waals surface area contributed by atoms with E-state index in [0.717, 1.165) is 0 Å². The average molecular weight is 457 g/mol. The van der Waals surface area contributed by atoms with Gasteiger partial charge < -0.3 is 19.3 Å². The molecular weight excluding hydrogens is 434 g/mol. The Balaban J connectivity index is 1.66. The maximum atomic E-state index is 13.3. The van der Waals surface area contributed by atoms with Gasteiger partial charge in [-0.15, -0.1) is 0 Å². The topological polar surface area (TPSA) is 85.3 Å². The highest BCUT2D eigenvalue weighted by Crippen LogP contribution is 2.43. The summed E-state index contributed by atoms with van der Waals surface area (Å²) in [6.45, 7) is 3.25. The molecule has 1 fully saturated rings. The zero-order valence-electron chi connectivity index (χ0n) is 18.6. The molecule has 1 N–H and O–H groups in total. The lowest BCUT2D eigenvalue weighted by Crippen LogP contribution is -2.29. The largest absolute Gasteiger partial charge is 0.507 e. The Hall–Kier alpha value is -4.26. The van der Waals surface area contributed by atoms with E-state index in [4.69, 9.17) is 14.2 Å². The van der Waals surface area contributed by atoms with Crippen LogP contribution in [0.5, 0.6) is 17.2 Å². The van der Waals surface area contributed by atoms with Crippen molar-refractivity contribution in [2.75, 3.05) is 24.7 Å². The number of aliphatic hydroxyl groups excluding tert-OH is 1. The first-order chi connectivity index (χ1) is 16.6. The summed E-state index contributed by atoms with van der Waals surface area (Å²) in [5.74, 6) is -0.0116. The van der Waals surface area contributed by atoms with Gasteiger partial charge in [-0.25, -0.2) is 0 Å². The molecular formula is C27H23NO6. The number of fused-ring (bicyclic) bond motifs is 1. The first kappa shape index (κ1) is 21.6. The first-order valence-electron chi connectivity index (χ1n) is 11.1. The molecule has 1 amide bonds. The van der Waals surface area contributed by atoms with Gasteiger partial charge in [0.15, 0.2) is 11.5 Å². The monoisotopic (exact) mass is 457 g/mol. The summed E-state index contributed by atoms with van der Waals surface area (Å²) in [6, 6.07) is 20.3. The molecule has 7 nitrogen and oxygen atoms in total. The van der Waals surface area contributed by atoms with Crippen LogP contribution >= 0.6 is 0 Å². The van der Waals surface area contributed by atoms with Crippen LogP contribution in [0.3, 0.4) is 0 Å². The molecule has 0 spiro atoms. The molecule has 2 aliphatic rings. The van der Waals surface area contributed by atoms with E-state index in [-0.39, 0.29) is 11.3 Å². The predicted octanol–water partition coefficient (Wildman–Crippen LogP) is 4.48. The van der Waals surface area contributed by atoms with Crippen LogP contribution in [0.15, 0.2) is 78.4 Å². The van der Waals surface area contributed by atoms with Gasteiger partial charge in [0.25, 0.3) is 11.7 Å². The molecule has 34 heavy (non-hydrogen) atoms. The summed E-state index contributed by atoms with van der Waals surface area (Å²) < 4.78 is 16.7. The van der Waals surface area contributed by atoms with Crippen LogP contribution in [0, 0.1) is 0 Å². The number of ketones is 1. The number of hydrogen-bond acceptors (Lipinski definition) is 6. The molecule has 3 aromatic rings. The number of ether oxygens (including phenoxy) is 3. The minimum atomic E-state index is -0.814. The summed E-state index contributed by atoms with van der Waals surface area (Å²) in [4.78, 5) is 27.9. The number of carbonyl (C=O) groups is 2. The Bertz CT molecular complexity index is 1270. The third kappa shape index (κ3) is 3.75. The number of amides is 1. The highest BCUT2D eigenvalue weighted by molar-refractivity contribution is 6.51. The molecule has 1 unspecified atom stereocenters. The quantitative estimate of drug-likeness (QED) is 0.345. The van der Waals surface area contributed by atoms with Crippen molar-refractivity contribution < 1.29 is 28.9 Å². The molecule has 3 aromatic carbocycles. The third-order valence-electron chi connectivity index (χ3n) is 5.80. The van der Waals surface area contributed by atoms with Crippen molar-refractivity contribution in [1.29, 1.82) is 0 Å². The molecule has 1 saturated heterocycles. The molecule has 2 heterocycles. The van der Waals surface area contributed by atoms with E-state index in [1.165, 1.54) is 4.90 Å². The van der Waals surface area contributed by atoms with Crippen molar-refractivity contribution in [3.63, 3.8) is 0 Å². The number of carbonyl (C=O) groups excluding carboxylic acids is 2. The third-order valence-corrected chi connectivity index (χ3v) is 5.80. The number of aliphatic hydroxyl groups is 1. The van der Waals surface area contributed by atoms with E-state index in [2.05, 4.69) is 0 Å². The van der Waals surface area contributed by atoms with Crippen LogP contribution in [-0.4, -0.2) is 36.6 Å². The average Bonchev–Trinajstić information content (AvgIpc) is 3.14. The van der Waals surface area contributed by atoms with Gasteiger partial charge in [0.05, 0.1) is 18.2 Å². The second kappa shape index (κ2) is 8.94. The molecule has 7 heteroatoms. The number of anilines is 1. The van der Waals surface area contributed by atoms with Gasteiger partial charge in [-0.2, -0.15) is 0 Å². The summed E-state index contributed by atoms with van der Waals surface area (Å²) in [5.41, 5.74) is 1.61. The molecule has 0 saturated carbocycles. The maximum absolute atomic E-state index is 13.3. The molecule has 0 bridgehead atoms. The molecule has 0 aliphatic carbocycles. The van der Waals surface area contributed by atoms with Gasteiger partial charge in [0, 0.05) is 11.3 Å². The smallest absolute Gasteiger partial charge is 0.300 e. The number of rotatable bonds is 5. The van der Waals surface area contributed by atoms with E-state index in [0.29, 0.717) is 53.9 Å². The van der Waals surface area contributed by atoms with Crippen LogP contribution in [0.1, 0.15) is 24.1 Å². The van der Waals surface area contributed by atoms with E-state index in [1.807, 2.05) is 13.0 Å². The van der Waals surface area contributed by atoms with Gasteiger partial charge in [-0.05, 0) is 55.0 Å². The van der Waals surface area contributed by atoms with Crippen LogP contribution in [-0.2, 0) is 9.59 Å². The van der Waals surface area contributed by atoms with Crippen molar-refractivity contribution in [3.05, 3.63) is 89.5 Å². The minimum Gasteiger partial charge on any atom is -0.507 e. The van der Waals surface area contributed by atoms with E-state index in [1.54, 1.807) is 66.7 Å². The number of nitrogens with zero attached hydrogens (tertiary/aromatic N) is 1. The van der Waals surface area contributed by atoms with E-state index in [9.17, 15) is 14.7 Å². The summed E-state index contributed by atoms with van der Waals surface area (Å²) >= 11 is 0. The fourth-order valence-corrected chi connectivity index (χ4v) is 4.26. The van der Waals surface area contributed by atoms with Crippen molar-refractivity contribution >= 4 is 23.1 Å². The van der Waals surface area contributed by atoms with Crippen LogP contribution in [0.2, 0.25) is 0 Å². The summed E-state index contributed by atoms with van der Waals surface area (Å²) in [6.07, 6.45) is 0. The predicted molar refractivity (Wildman–Crippen MR) is 126 cm³/mol. The van der Waals surface area contributed by atoms with Crippen LogP contribution in [0.25, 0.3) is 5.76 Å². The van der Waals surface area contributed by atoms with Crippen LogP contribution < -0.4 is 19.1 Å². The second-order valence-corrected chi connectivity index (χ2v) is 7.87. The Morgan fingerprint density at radius 3 is 2.38 bits per heavy atom. The van der Waals surface area contributed by atoms with Gasteiger partial charge >= 0.3 is 0 Å². The summed E-state index contributed by atoms with van der Waals surface area (Å²) in [7, 11) is 0. The van der Waals surface area contributed by atoms with Gasteiger partial charge in [0.1, 0.15) is 24.7 Å². The number of Topliss-reactive ketones (excluding diaryl/α,β-unsaturated/α-hetero) is 1. The zero-order valence-corrected chi connectivity index (χ0v) is 18.6. The molecule has 172 valence electrons. The maximum Gasteiger partial charge on any atom is 0.300 e. The number of hydrogen-bond donors (Lipinski definition) is 1. The number of para-hydroxylation sites is 1. The second-order valence-electron chi connectivity index (χ2n) is 7.87. The Morgan fingerprint density at radius 2 is 1.68 bits per heavy atom. The zero-order chi connectivity index (χ0) is 23.7. The molecule has 2 aliphatic heterocycles. The standard InChI is InChI=1S/C27H23NO6/c1-2-32-20-11-8-17(9-12-20)24-23(26(30)27(31)28(24)19-6-4-3-5-7-19)25(29)18-10-13-21-22(16-18)34-15-14-33-21/h3-13,16,24,29H,2,14-15H2,1H3/b25-23-. The van der Waals surface area contributed by atoms with E-state index >= 15 is 0 Å². The lowest BCUT2D eigenvalue weighted by Gasteiger charge is -2.25. The Morgan fingerprint density at radius 1 is 0.971 bits per heavy atom. The fraction of sp³-hybridized carbons (Fsp3) is 0.185. The SMILES string of the molecule is CCOc1ccc(C2/C(=C(/O)c3ccc4c(c3)OCCO4)C(=O)C(=O)N2c2ccccc2)cc1. The van der Waals surface area contributed by atoms with Gasteiger partial charge in [0.2, 0.25) is 0 Å². The number of benzene rings is 3. The van der Waals surface area contributed by atoms with Gasteiger partial charge in [-0.1, -0.05) is 30.3 Å². The molecule has 5 rings (SSSR count). The van der Waals surface area contributed by atoms with Crippen molar-refractivity contribution in [2.45, 2.75) is 13.0 Å². The van der Waals surface area contributed by atoms with Crippen molar-refractivity contribution in [2.24, 2.45) is 0 Å². The first-order valence-corrected chi connectivity index (χ1v) is 11.1. The highest BCUT2D eigenvalue weighted by atomic mass is 16.6. The Kier molecular flexibility index (Phi) is 5.67. The summed E-state index contributed by atoms with van der Waals surface area (Å²) in [5, 5.41) is 11.3. The highest BCUT2D eigenvalue weighted by Gasteiger charge is 2.47. The molecule has 1 atom stereocenters. The normalized spacial score (nSPS) is 18.7. The van der Waals surface area contributed by atoms with Crippen molar-refractivity contribution in [3.8, 4) is 17.2 Å². The van der Waals surface area contributed by atoms with Crippen LogP contribution in [0.4, 0.5) is 5.69 Å². The minimum absolute atomic E-state index is 0.00897. The van der Waals surface area contributed by atoms with Crippen molar-refractivity contribution in [1.82, 2.24) is 0 Å². The fourth-order valence-electron chi connectivity index (χ4n) is 4.26. The molecule has 0 aromatic heterocycles. The Labute approximate surface area is 196 Å². The lowest BCUT2D eigenvalue weighted by atomic mass is 9.95. The van der Waals surface area contributed by atoms with E-state index < -0.39 is 17.7 Å². The lowest BCUT2D eigenvalue weighted by molar-refractivity contribution is -0.132. The van der Waals surface area contributed by atoms with Gasteiger partial charge in [-0.3, -0.25) is 14.5 Å².